The van der Waals surface area contributed by atoms with Crippen LogP contribution in [0.4, 0.5) is 0 Å². The van der Waals surface area contributed by atoms with E-state index >= 15 is 0 Å². The number of hydrogen-bond donors (Lipinski definition) is 4. The summed E-state index contributed by atoms with van der Waals surface area (Å²) in [5, 5.41) is 19.7. The van der Waals surface area contributed by atoms with Gasteiger partial charge in [0.05, 0.1) is 0 Å². The van der Waals surface area contributed by atoms with E-state index in [0.29, 0.717) is 45.1 Å². The van der Waals surface area contributed by atoms with E-state index in [4.69, 9.17) is 15.9 Å². The number of nitrogens with two attached hydrogens (primary N) is 1. The highest BCUT2D eigenvalue weighted by atomic mass is 16.4. The number of hydrogen-bond acceptors (Lipinski definition) is 4. The van der Waals surface area contributed by atoms with Gasteiger partial charge in [0.2, 0.25) is 5.91 Å². The second-order valence-corrected chi connectivity index (χ2v) is 4.39. The van der Waals surface area contributed by atoms with Crippen LogP contribution in [0.2, 0.25) is 0 Å². The molecule has 7 nitrogen and oxygen atoms in total. The molecule has 0 aliphatic rings. The fourth-order valence-electron chi connectivity index (χ4n) is 1.49. The van der Waals surface area contributed by atoms with Crippen molar-refractivity contribution in [3.63, 3.8) is 0 Å². The van der Waals surface area contributed by atoms with Crippen LogP contribution in [-0.4, -0.2) is 40.6 Å². The highest BCUT2D eigenvalue weighted by molar-refractivity contribution is 5.75. The lowest BCUT2D eigenvalue weighted by molar-refractivity contribution is -0.139. The van der Waals surface area contributed by atoms with Crippen LogP contribution < -0.4 is 11.1 Å². The summed E-state index contributed by atoms with van der Waals surface area (Å²) < 4.78 is 0. The highest BCUT2D eigenvalue weighted by Gasteiger charge is 2.10. The molecular weight excluding hydrogens is 252 g/mol. The third-order valence-electron chi connectivity index (χ3n) is 2.63. The molecule has 0 saturated carbocycles. The molecule has 1 amide bonds. The van der Waals surface area contributed by atoms with E-state index in [1.54, 1.807) is 0 Å². The highest BCUT2D eigenvalue weighted by Crippen LogP contribution is 2.01. The van der Waals surface area contributed by atoms with Gasteiger partial charge in [-0.3, -0.25) is 14.4 Å². The molecule has 0 aromatic carbocycles. The summed E-state index contributed by atoms with van der Waals surface area (Å²) in [5.74, 6) is -1.97. The second-order valence-electron chi connectivity index (χ2n) is 4.39. The first kappa shape index (κ1) is 17.4. The number of carboxylic acids is 2. The zero-order chi connectivity index (χ0) is 14.7. The number of carbonyl (C=O) groups is 3. The third-order valence-corrected chi connectivity index (χ3v) is 2.63. The van der Waals surface area contributed by atoms with Crippen molar-refractivity contribution >= 4 is 17.8 Å². The predicted molar refractivity (Wildman–Crippen MR) is 68.6 cm³/mol. The van der Waals surface area contributed by atoms with Crippen molar-refractivity contribution in [1.29, 1.82) is 0 Å². The van der Waals surface area contributed by atoms with Gasteiger partial charge < -0.3 is 21.3 Å². The zero-order valence-electron chi connectivity index (χ0n) is 10.9. The molecule has 0 radical (unpaired) electrons. The molecule has 0 heterocycles. The molecule has 0 aliphatic heterocycles. The molecule has 0 saturated heterocycles. The average molecular weight is 274 g/mol. The Morgan fingerprint density at radius 2 is 1.63 bits per heavy atom. The first-order valence-electron chi connectivity index (χ1n) is 6.40. The van der Waals surface area contributed by atoms with E-state index in [2.05, 4.69) is 5.32 Å². The molecule has 7 heteroatoms. The monoisotopic (exact) mass is 274 g/mol. The Labute approximate surface area is 112 Å². The van der Waals surface area contributed by atoms with Crippen molar-refractivity contribution in [2.24, 2.45) is 5.73 Å². The summed E-state index contributed by atoms with van der Waals surface area (Å²) in [4.78, 5) is 32.0. The van der Waals surface area contributed by atoms with Gasteiger partial charge in [-0.1, -0.05) is 0 Å². The Morgan fingerprint density at radius 3 is 2.21 bits per heavy atom. The van der Waals surface area contributed by atoms with E-state index in [1.165, 1.54) is 0 Å². The lowest BCUT2D eigenvalue weighted by Gasteiger charge is -2.07. The minimum Gasteiger partial charge on any atom is -0.481 e. The summed E-state index contributed by atoms with van der Waals surface area (Å²) in [6, 6.07) is -0.841. The summed E-state index contributed by atoms with van der Waals surface area (Å²) in [6.07, 6.45) is 3.18. The first-order chi connectivity index (χ1) is 8.93. The van der Waals surface area contributed by atoms with Crippen molar-refractivity contribution in [1.82, 2.24) is 5.32 Å². The molecule has 110 valence electrons. The number of unbranched alkanes of at least 4 members (excludes halogenated alkanes) is 2. The molecule has 0 aromatic heterocycles. The molecule has 0 bridgehead atoms. The standard InChI is InChI=1S/C12H22N2O5/c13-9(12(18)19)5-3-4-8-14-10(15)6-1-2-7-11(16)17/h9H,1-8,13H2,(H,14,15)(H,16,17)(H,18,19). The Morgan fingerprint density at radius 1 is 1.00 bits per heavy atom. The Balaban J connectivity index is 3.39. The molecule has 0 spiro atoms. The van der Waals surface area contributed by atoms with E-state index < -0.39 is 18.0 Å². The van der Waals surface area contributed by atoms with Crippen molar-refractivity contribution in [2.75, 3.05) is 6.54 Å². The maximum Gasteiger partial charge on any atom is 0.320 e. The molecular formula is C12H22N2O5. The number of nitrogens with one attached hydrogen (secondary N) is 1. The van der Waals surface area contributed by atoms with Gasteiger partial charge in [0.25, 0.3) is 0 Å². The first-order valence-corrected chi connectivity index (χ1v) is 6.40. The van der Waals surface area contributed by atoms with Crippen LogP contribution in [0.5, 0.6) is 0 Å². The molecule has 1 unspecified atom stereocenters. The normalized spacial score (nSPS) is 11.8. The molecule has 1 atom stereocenters. The van der Waals surface area contributed by atoms with Crippen LogP contribution >= 0.6 is 0 Å². The van der Waals surface area contributed by atoms with Gasteiger partial charge in [-0.05, 0) is 32.1 Å². The van der Waals surface area contributed by atoms with Gasteiger partial charge in [-0.2, -0.15) is 0 Å². The molecule has 5 N–H and O–H groups in total. The quantitative estimate of drug-likeness (QED) is 0.402. The number of aliphatic carboxylic acids is 2. The largest absolute Gasteiger partial charge is 0.481 e. The Hall–Kier alpha value is -1.63. The van der Waals surface area contributed by atoms with Crippen molar-refractivity contribution in [2.45, 2.75) is 51.0 Å². The van der Waals surface area contributed by atoms with E-state index in [1.807, 2.05) is 0 Å². The summed E-state index contributed by atoms with van der Waals surface area (Å²) in [5.41, 5.74) is 5.33. The van der Waals surface area contributed by atoms with E-state index in [0.717, 1.165) is 0 Å². The van der Waals surface area contributed by atoms with Crippen molar-refractivity contribution < 1.29 is 24.6 Å². The SMILES string of the molecule is NC(CCCCNC(=O)CCCCC(=O)O)C(=O)O. The van der Waals surface area contributed by atoms with Crippen LogP contribution in [0.3, 0.4) is 0 Å². The summed E-state index contributed by atoms with van der Waals surface area (Å²) in [6.45, 7) is 0.490. The number of amides is 1. The fourth-order valence-corrected chi connectivity index (χ4v) is 1.49. The van der Waals surface area contributed by atoms with Crippen LogP contribution in [0, 0.1) is 0 Å². The Kier molecular flexibility index (Phi) is 9.42. The second kappa shape index (κ2) is 10.3. The van der Waals surface area contributed by atoms with Crippen LogP contribution in [0.1, 0.15) is 44.9 Å². The zero-order valence-corrected chi connectivity index (χ0v) is 10.9. The molecule has 19 heavy (non-hydrogen) atoms. The van der Waals surface area contributed by atoms with Gasteiger partial charge >= 0.3 is 11.9 Å². The number of rotatable bonds is 11. The minimum absolute atomic E-state index is 0.0837. The maximum atomic E-state index is 11.3. The third kappa shape index (κ3) is 11.2. The predicted octanol–water partition coefficient (Wildman–Crippen LogP) is 0.330. The van der Waals surface area contributed by atoms with Crippen molar-refractivity contribution in [3.05, 3.63) is 0 Å². The topological polar surface area (TPSA) is 130 Å². The Bertz CT molecular complexity index is 306. The molecule has 0 aliphatic carbocycles. The summed E-state index contributed by atoms with van der Waals surface area (Å²) in [7, 11) is 0. The lowest BCUT2D eigenvalue weighted by atomic mass is 10.1. The average Bonchev–Trinajstić information content (AvgIpc) is 2.33. The molecule has 0 rings (SSSR count). The fraction of sp³-hybridized carbons (Fsp3) is 0.750. The minimum atomic E-state index is -1.01. The van der Waals surface area contributed by atoms with E-state index in [-0.39, 0.29) is 12.3 Å². The van der Waals surface area contributed by atoms with Crippen molar-refractivity contribution in [3.8, 4) is 0 Å². The van der Waals surface area contributed by atoms with Crippen LogP contribution in [0.25, 0.3) is 0 Å². The number of carboxylic acid groups (broad SMARTS) is 2. The smallest absolute Gasteiger partial charge is 0.320 e. The molecule has 0 fully saturated rings. The van der Waals surface area contributed by atoms with Crippen LogP contribution in [0.15, 0.2) is 0 Å². The van der Waals surface area contributed by atoms with Gasteiger partial charge in [-0.25, -0.2) is 0 Å². The van der Waals surface area contributed by atoms with Gasteiger partial charge in [0.15, 0.2) is 0 Å². The number of carbonyl (C=O) groups excluding carboxylic acids is 1. The van der Waals surface area contributed by atoms with E-state index in [9.17, 15) is 14.4 Å². The summed E-state index contributed by atoms with van der Waals surface area (Å²) >= 11 is 0. The lowest BCUT2D eigenvalue weighted by Crippen LogP contribution is -2.30. The molecule has 0 aromatic rings. The van der Waals surface area contributed by atoms with Gasteiger partial charge in [-0.15, -0.1) is 0 Å². The van der Waals surface area contributed by atoms with Crippen LogP contribution in [-0.2, 0) is 14.4 Å². The van der Waals surface area contributed by atoms with Gasteiger partial charge in [0.1, 0.15) is 6.04 Å². The van der Waals surface area contributed by atoms with Gasteiger partial charge in [0, 0.05) is 19.4 Å². The maximum absolute atomic E-state index is 11.3.